The summed E-state index contributed by atoms with van der Waals surface area (Å²) in [6, 6.07) is 11.6. The van der Waals surface area contributed by atoms with Crippen LogP contribution in [0.4, 0.5) is 10.1 Å². The number of ether oxygens (including phenoxy) is 2. The van der Waals surface area contributed by atoms with Crippen LogP contribution in [0.15, 0.2) is 42.5 Å². The molecule has 0 aliphatic heterocycles. The summed E-state index contributed by atoms with van der Waals surface area (Å²) < 4.78 is 24.2. The van der Waals surface area contributed by atoms with Gasteiger partial charge in [-0.3, -0.25) is 4.79 Å². The number of nitrogens with one attached hydrogen (secondary N) is 1. The highest BCUT2D eigenvalue weighted by Gasteiger charge is 2.09. The van der Waals surface area contributed by atoms with Crippen molar-refractivity contribution in [2.45, 2.75) is 26.7 Å². The Bertz CT molecular complexity index is 688. The molecule has 0 saturated heterocycles. The van der Waals surface area contributed by atoms with E-state index in [4.69, 9.17) is 9.47 Å². The maximum atomic E-state index is 13.1. The average Bonchev–Trinajstić information content (AvgIpc) is 2.56. The largest absolute Gasteiger partial charge is 0.490 e. The second-order valence-corrected chi connectivity index (χ2v) is 5.21. The first-order valence-electron chi connectivity index (χ1n) is 8.06. The van der Waals surface area contributed by atoms with Crippen molar-refractivity contribution >= 4 is 11.6 Å². The lowest BCUT2D eigenvalue weighted by molar-refractivity contribution is -0.116. The van der Waals surface area contributed by atoms with E-state index in [0.717, 1.165) is 5.56 Å². The van der Waals surface area contributed by atoms with Gasteiger partial charge in [0.05, 0.1) is 13.2 Å². The van der Waals surface area contributed by atoms with E-state index < -0.39 is 0 Å². The highest BCUT2D eigenvalue weighted by molar-refractivity contribution is 5.91. The zero-order chi connectivity index (χ0) is 17.4. The van der Waals surface area contributed by atoms with E-state index in [2.05, 4.69) is 5.32 Å². The molecular weight excluding hydrogens is 309 g/mol. The number of aryl methyl sites for hydroxylation is 1. The van der Waals surface area contributed by atoms with Gasteiger partial charge in [-0.15, -0.1) is 0 Å². The van der Waals surface area contributed by atoms with Crippen molar-refractivity contribution in [1.82, 2.24) is 0 Å². The molecule has 24 heavy (non-hydrogen) atoms. The highest BCUT2D eigenvalue weighted by atomic mass is 19.1. The third-order valence-corrected chi connectivity index (χ3v) is 3.36. The average molecular weight is 331 g/mol. The zero-order valence-corrected chi connectivity index (χ0v) is 14.0. The fraction of sp³-hybridized carbons (Fsp3) is 0.316. The SMILES string of the molecule is CCOc1ccc(NC(=O)CCc2cccc(F)c2)cc1OCC. The molecule has 0 fully saturated rings. The van der Waals surface area contributed by atoms with Gasteiger partial charge in [0.2, 0.25) is 5.91 Å². The lowest BCUT2D eigenvalue weighted by atomic mass is 10.1. The van der Waals surface area contributed by atoms with Crippen molar-refractivity contribution < 1.29 is 18.7 Å². The van der Waals surface area contributed by atoms with Crippen LogP contribution in [-0.4, -0.2) is 19.1 Å². The lowest BCUT2D eigenvalue weighted by Gasteiger charge is -2.13. The molecule has 4 nitrogen and oxygen atoms in total. The van der Waals surface area contributed by atoms with Crippen LogP contribution in [0.25, 0.3) is 0 Å². The number of carbonyl (C=O) groups excluding carboxylic acids is 1. The van der Waals surface area contributed by atoms with E-state index in [1.165, 1.54) is 12.1 Å². The Labute approximate surface area is 141 Å². The first-order valence-corrected chi connectivity index (χ1v) is 8.06. The Morgan fingerprint density at radius 1 is 1.04 bits per heavy atom. The number of benzene rings is 2. The summed E-state index contributed by atoms with van der Waals surface area (Å²) in [5.41, 5.74) is 1.44. The molecule has 0 aliphatic carbocycles. The van der Waals surface area contributed by atoms with Crippen molar-refractivity contribution in [3.8, 4) is 11.5 Å². The fourth-order valence-electron chi connectivity index (χ4n) is 2.30. The van der Waals surface area contributed by atoms with Gasteiger partial charge >= 0.3 is 0 Å². The van der Waals surface area contributed by atoms with E-state index in [1.54, 1.807) is 30.3 Å². The van der Waals surface area contributed by atoms with Crippen LogP contribution in [0.1, 0.15) is 25.8 Å². The maximum Gasteiger partial charge on any atom is 0.224 e. The van der Waals surface area contributed by atoms with Gasteiger partial charge in [0, 0.05) is 18.2 Å². The van der Waals surface area contributed by atoms with E-state index in [9.17, 15) is 9.18 Å². The van der Waals surface area contributed by atoms with Gasteiger partial charge in [0.25, 0.3) is 0 Å². The van der Waals surface area contributed by atoms with Gasteiger partial charge in [-0.2, -0.15) is 0 Å². The molecule has 2 aromatic rings. The number of amides is 1. The summed E-state index contributed by atoms with van der Waals surface area (Å²) in [5, 5.41) is 2.83. The van der Waals surface area contributed by atoms with Gasteiger partial charge in [-0.1, -0.05) is 12.1 Å². The Hall–Kier alpha value is -2.56. The molecule has 0 aliphatic rings. The lowest BCUT2D eigenvalue weighted by Crippen LogP contribution is -2.12. The number of hydrogen-bond donors (Lipinski definition) is 1. The van der Waals surface area contributed by atoms with Crippen LogP contribution in [-0.2, 0) is 11.2 Å². The van der Waals surface area contributed by atoms with Crippen molar-refractivity contribution in [1.29, 1.82) is 0 Å². The third-order valence-electron chi connectivity index (χ3n) is 3.36. The van der Waals surface area contributed by atoms with Crippen LogP contribution in [0, 0.1) is 5.82 Å². The minimum absolute atomic E-state index is 0.133. The fourth-order valence-corrected chi connectivity index (χ4v) is 2.30. The van der Waals surface area contributed by atoms with E-state index in [-0.39, 0.29) is 18.1 Å². The number of rotatable bonds is 8. The standard InChI is InChI=1S/C19H22FNO3/c1-3-23-17-10-9-16(13-18(17)24-4-2)21-19(22)11-8-14-6-5-7-15(20)12-14/h5-7,9-10,12-13H,3-4,8,11H2,1-2H3,(H,21,22). The molecule has 0 radical (unpaired) electrons. The van der Waals surface area contributed by atoms with Crippen molar-refractivity contribution in [2.75, 3.05) is 18.5 Å². The van der Waals surface area contributed by atoms with Gasteiger partial charge < -0.3 is 14.8 Å². The van der Waals surface area contributed by atoms with Crippen molar-refractivity contribution in [3.63, 3.8) is 0 Å². The molecule has 5 heteroatoms. The molecule has 2 aromatic carbocycles. The molecule has 128 valence electrons. The molecule has 1 N–H and O–H groups in total. The molecule has 0 bridgehead atoms. The second kappa shape index (κ2) is 8.91. The van der Waals surface area contributed by atoms with Gasteiger partial charge in [0.1, 0.15) is 5.82 Å². The minimum atomic E-state index is -0.291. The predicted octanol–water partition coefficient (Wildman–Crippen LogP) is 4.19. The highest BCUT2D eigenvalue weighted by Crippen LogP contribution is 2.30. The van der Waals surface area contributed by atoms with Gasteiger partial charge in [-0.25, -0.2) is 4.39 Å². The third kappa shape index (κ3) is 5.26. The molecule has 0 atom stereocenters. The number of anilines is 1. The number of hydrogen-bond acceptors (Lipinski definition) is 3. The molecule has 0 heterocycles. The van der Waals surface area contributed by atoms with Crippen LogP contribution < -0.4 is 14.8 Å². The topological polar surface area (TPSA) is 47.6 Å². The Morgan fingerprint density at radius 3 is 2.50 bits per heavy atom. The zero-order valence-electron chi connectivity index (χ0n) is 14.0. The van der Waals surface area contributed by atoms with Crippen molar-refractivity contribution in [3.05, 3.63) is 53.8 Å². The summed E-state index contributed by atoms with van der Waals surface area (Å²) in [4.78, 5) is 12.1. The van der Waals surface area contributed by atoms with Crippen LogP contribution in [0.3, 0.4) is 0 Å². The maximum absolute atomic E-state index is 13.1. The van der Waals surface area contributed by atoms with Crippen LogP contribution >= 0.6 is 0 Å². The smallest absolute Gasteiger partial charge is 0.224 e. The molecule has 0 aromatic heterocycles. The van der Waals surface area contributed by atoms with Crippen molar-refractivity contribution in [2.24, 2.45) is 0 Å². The summed E-state index contributed by atoms with van der Waals surface area (Å²) >= 11 is 0. The minimum Gasteiger partial charge on any atom is -0.490 e. The summed E-state index contributed by atoms with van der Waals surface area (Å²) in [5.74, 6) is 0.825. The monoisotopic (exact) mass is 331 g/mol. The number of halogens is 1. The summed E-state index contributed by atoms with van der Waals surface area (Å²) in [7, 11) is 0. The molecule has 0 unspecified atom stereocenters. The van der Waals surface area contributed by atoms with Gasteiger partial charge in [-0.05, 0) is 50.1 Å². The Balaban J connectivity index is 1.96. The van der Waals surface area contributed by atoms with Gasteiger partial charge in [0.15, 0.2) is 11.5 Å². The number of carbonyl (C=O) groups is 1. The second-order valence-electron chi connectivity index (χ2n) is 5.21. The molecule has 1 amide bonds. The molecule has 0 saturated carbocycles. The normalized spacial score (nSPS) is 10.3. The van der Waals surface area contributed by atoms with E-state index in [1.807, 2.05) is 13.8 Å². The predicted molar refractivity (Wildman–Crippen MR) is 92.1 cm³/mol. The van der Waals surface area contributed by atoms with Crippen LogP contribution in [0.2, 0.25) is 0 Å². The summed E-state index contributed by atoms with van der Waals surface area (Å²) in [6.45, 7) is 4.84. The molecule has 0 spiro atoms. The van der Waals surface area contributed by atoms with E-state index in [0.29, 0.717) is 36.8 Å². The first-order chi connectivity index (χ1) is 11.6. The molecular formula is C19H22FNO3. The van der Waals surface area contributed by atoms with Crippen LogP contribution in [0.5, 0.6) is 11.5 Å². The Morgan fingerprint density at radius 2 is 1.79 bits per heavy atom. The van der Waals surface area contributed by atoms with E-state index >= 15 is 0 Å². The molecule has 2 rings (SSSR count). The first kappa shape index (κ1) is 17.8. The summed E-state index contributed by atoms with van der Waals surface area (Å²) in [6.07, 6.45) is 0.763. The quantitative estimate of drug-likeness (QED) is 0.789. The Kier molecular flexibility index (Phi) is 6.61.